The summed E-state index contributed by atoms with van der Waals surface area (Å²) in [5, 5.41) is 9.44. The minimum atomic E-state index is 0.0709. The Morgan fingerprint density at radius 2 is 2.20 bits per heavy atom. The summed E-state index contributed by atoms with van der Waals surface area (Å²) >= 11 is 0. The highest BCUT2D eigenvalue weighted by Crippen LogP contribution is 2.59. The van der Waals surface area contributed by atoms with Crippen LogP contribution in [0, 0.1) is 17.8 Å². The van der Waals surface area contributed by atoms with Crippen molar-refractivity contribution in [3.05, 3.63) is 0 Å². The minimum Gasteiger partial charge on any atom is -0.393 e. The van der Waals surface area contributed by atoms with Crippen LogP contribution < -0.4 is 0 Å². The van der Waals surface area contributed by atoms with Crippen molar-refractivity contribution in [3.8, 4) is 0 Å². The van der Waals surface area contributed by atoms with Gasteiger partial charge in [-0.05, 0) is 30.6 Å². The molecule has 0 aliphatic heterocycles. The van der Waals surface area contributed by atoms with Gasteiger partial charge >= 0.3 is 0 Å². The Bertz CT molecular complexity index is 133. The molecule has 0 aromatic carbocycles. The van der Waals surface area contributed by atoms with Crippen molar-refractivity contribution in [3.63, 3.8) is 0 Å². The zero-order valence-corrected chi connectivity index (χ0v) is 6.59. The largest absolute Gasteiger partial charge is 0.393 e. The normalized spacial score (nSPS) is 51.0. The number of fused-ring (bicyclic) bond motifs is 1. The summed E-state index contributed by atoms with van der Waals surface area (Å²) in [5.74, 6) is 2.56. The molecule has 1 heteroatoms. The van der Waals surface area contributed by atoms with E-state index >= 15 is 0 Å². The molecule has 0 aromatic heterocycles. The van der Waals surface area contributed by atoms with Crippen molar-refractivity contribution in [1.29, 1.82) is 0 Å². The van der Waals surface area contributed by atoms with Crippen LogP contribution in [0.1, 0.15) is 32.6 Å². The van der Waals surface area contributed by atoms with E-state index in [1.807, 2.05) is 0 Å². The zero-order chi connectivity index (χ0) is 7.14. The van der Waals surface area contributed by atoms with Gasteiger partial charge in [0.25, 0.3) is 0 Å². The highest BCUT2D eigenvalue weighted by Gasteiger charge is 2.56. The van der Waals surface area contributed by atoms with E-state index in [-0.39, 0.29) is 6.10 Å². The second kappa shape index (κ2) is 2.23. The highest BCUT2D eigenvalue weighted by molar-refractivity contribution is 5.05. The molecular formula is C9H16O. The Kier molecular flexibility index (Phi) is 1.48. The van der Waals surface area contributed by atoms with Gasteiger partial charge in [0, 0.05) is 0 Å². The summed E-state index contributed by atoms with van der Waals surface area (Å²) in [6.07, 6.45) is 5.10. The number of hydrogen-bond donors (Lipinski definition) is 1. The molecule has 0 radical (unpaired) electrons. The molecule has 0 saturated heterocycles. The topological polar surface area (TPSA) is 20.2 Å². The van der Waals surface area contributed by atoms with Crippen molar-refractivity contribution < 1.29 is 5.11 Å². The molecule has 2 aliphatic rings. The SMILES string of the molecule is CCCC1C2CCC(O)C12. The van der Waals surface area contributed by atoms with Crippen molar-refractivity contribution in [1.82, 2.24) is 0 Å². The van der Waals surface area contributed by atoms with Gasteiger partial charge in [0.2, 0.25) is 0 Å². The van der Waals surface area contributed by atoms with Gasteiger partial charge in [0.05, 0.1) is 6.10 Å². The van der Waals surface area contributed by atoms with E-state index in [0.717, 1.165) is 24.2 Å². The molecule has 2 saturated carbocycles. The van der Waals surface area contributed by atoms with Gasteiger partial charge in [-0.25, -0.2) is 0 Å². The number of hydrogen-bond acceptors (Lipinski definition) is 1. The van der Waals surface area contributed by atoms with Crippen LogP contribution in [0.3, 0.4) is 0 Å². The fourth-order valence-corrected chi connectivity index (χ4v) is 2.75. The minimum absolute atomic E-state index is 0.0709. The second-order valence-corrected chi connectivity index (χ2v) is 3.84. The molecule has 58 valence electrons. The molecule has 2 rings (SSSR count). The molecular weight excluding hydrogens is 124 g/mol. The van der Waals surface area contributed by atoms with Gasteiger partial charge < -0.3 is 5.11 Å². The number of aliphatic hydroxyl groups is 1. The van der Waals surface area contributed by atoms with Gasteiger partial charge in [-0.2, -0.15) is 0 Å². The van der Waals surface area contributed by atoms with E-state index in [1.165, 1.54) is 19.3 Å². The maximum Gasteiger partial charge on any atom is 0.0574 e. The summed E-state index contributed by atoms with van der Waals surface area (Å²) in [4.78, 5) is 0. The molecule has 0 bridgehead atoms. The quantitative estimate of drug-likeness (QED) is 0.620. The predicted molar refractivity (Wildman–Crippen MR) is 40.6 cm³/mol. The van der Waals surface area contributed by atoms with E-state index < -0.39 is 0 Å². The summed E-state index contributed by atoms with van der Waals surface area (Å²) in [6.45, 7) is 2.24. The monoisotopic (exact) mass is 140 g/mol. The molecule has 1 nitrogen and oxygen atoms in total. The summed E-state index contributed by atoms with van der Waals surface area (Å²) in [5.41, 5.74) is 0. The van der Waals surface area contributed by atoms with Crippen molar-refractivity contribution in [2.75, 3.05) is 0 Å². The first kappa shape index (κ1) is 6.66. The van der Waals surface area contributed by atoms with Crippen molar-refractivity contribution >= 4 is 0 Å². The van der Waals surface area contributed by atoms with Crippen LogP contribution in [-0.4, -0.2) is 11.2 Å². The van der Waals surface area contributed by atoms with E-state index in [9.17, 15) is 5.11 Å². The van der Waals surface area contributed by atoms with Crippen molar-refractivity contribution in [2.45, 2.75) is 38.7 Å². The first-order valence-electron chi connectivity index (χ1n) is 4.52. The zero-order valence-electron chi connectivity index (χ0n) is 6.59. The first-order valence-corrected chi connectivity index (χ1v) is 4.52. The van der Waals surface area contributed by atoms with E-state index in [2.05, 4.69) is 6.92 Å². The second-order valence-electron chi connectivity index (χ2n) is 3.84. The Morgan fingerprint density at radius 3 is 2.70 bits per heavy atom. The summed E-state index contributed by atoms with van der Waals surface area (Å²) in [7, 11) is 0. The maximum atomic E-state index is 9.44. The molecule has 4 unspecified atom stereocenters. The van der Waals surface area contributed by atoms with Crippen LogP contribution in [0.2, 0.25) is 0 Å². The third-order valence-corrected chi connectivity index (χ3v) is 3.26. The van der Waals surface area contributed by atoms with Crippen molar-refractivity contribution in [2.24, 2.45) is 17.8 Å². The van der Waals surface area contributed by atoms with Crippen LogP contribution in [-0.2, 0) is 0 Å². The summed E-state index contributed by atoms with van der Waals surface area (Å²) in [6, 6.07) is 0. The molecule has 0 spiro atoms. The van der Waals surface area contributed by atoms with Gasteiger partial charge in [0.15, 0.2) is 0 Å². The fraction of sp³-hybridized carbons (Fsp3) is 1.00. The first-order chi connectivity index (χ1) is 4.84. The van der Waals surface area contributed by atoms with Gasteiger partial charge in [-0.3, -0.25) is 0 Å². The summed E-state index contributed by atoms with van der Waals surface area (Å²) < 4.78 is 0. The fourth-order valence-electron chi connectivity index (χ4n) is 2.75. The molecule has 4 atom stereocenters. The van der Waals surface area contributed by atoms with Gasteiger partial charge in [-0.15, -0.1) is 0 Å². The average molecular weight is 140 g/mol. The molecule has 0 heterocycles. The Hall–Kier alpha value is -0.0400. The lowest BCUT2D eigenvalue weighted by molar-refractivity contribution is 0.149. The predicted octanol–water partition coefficient (Wildman–Crippen LogP) is 1.80. The molecule has 2 fully saturated rings. The van der Waals surface area contributed by atoms with Gasteiger partial charge in [0.1, 0.15) is 0 Å². The van der Waals surface area contributed by atoms with Gasteiger partial charge in [-0.1, -0.05) is 19.8 Å². The third kappa shape index (κ3) is 0.800. The van der Waals surface area contributed by atoms with E-state index in [4.69, 9.17) is 0 Å². The van der Waals surface area contributed by atoms with Crippen LogP contribution in [0.5, 0.6) is 0 Å². The van der Waals surface area contributed by atoms with Crippen LogP contribution in [0.4, 0.5) is 0 Å². The van der Waals surface area contributed by atoms with E-state index in [0.29, 0.717) is 0 Å². The molecule has 2 aliphatic carbocycles. The van der Waals surface area contributed by atoms with Crippen LogP contribution in [0.15, 0.2) is 0 Å². The average Bonchev–Trinajstić information content (AvgIpc) is 2.45. The molecule has 0 aromatic rings. The lowest BCUT2D eigenvalue weighted by atomic mass is 10.1. The number of aliphatic hydroxyl groups excluding tert-OH is 1. The molecule has 10 heavy (non-hydrogen) atoms. The van der Waals surface area contributed by atoms with E-state index in [1.54, 1.807) is 0 Å². The number of rotatable bonds is 2. The lowest BCUT2D eigenvalue weighted by Gasteiger charge is -2.05. The molecule has 0 amide bonds. The maximum absolute atomic E-state index is 9.44. The Labute approximate surface area is 62.4 Å². The standard InChI is InChI=1S/C9H16O/c1-2-3-6-7-4-5-8(10)9(6)7/h6-10H,2-5H2,1H3. The highest BCUT2D eigenvalue weighted by atomic mass is 16.3. The lowest BCUT2D eigenvalue weighted by Crippen LogP contribution is -2.06. The molecule has 1 N–H and O–H groups in total. The Balaban J connectivity index is 1.87. The van der Waals surface area contributed by atoms with Crippen LogP contribution >= 0.6 is 0 Å². The smallest absolute Gasteiger partial charge is 0.0574 e. The van der Waals surface area contributed by atoms with Crippen LogP contribution in [0.25, 0.3) is 0 Å². The third-order valence-electron chi connectivity index (χ3n) is 3.26. The Morgan fingerprint density at radius 1 is 1.40 bits per heavy atom.